The average molecular weight is 225 g/mol. The molecule has 0 radical (unpaired) electrons. The smallest absolute Gasteiger partial charge is 0.273 e. The Morgan fingerprint density at radius 2 is 2.25 bits per heavy atom. The lowest BCUT2D eigenvalue weighted by Gasteiger charge is -2.09. The molecule has 0 bridgehead atoms. The predicted molar refractivity (Wildman–Crippen MR) is 63.2 cm³/mol. The summed E-state index contributed by atoms with van der Waals surface area (Å²) < 4.78 is 0. The molecule has 0 aliphatic rings. The highest BCUT2D eigenvalue weighted by molar-refractivity contribution is 5.97. The molecule has 0 aliphatic heterocycles. The molecule has 0 atom stereocenters. The van der Waals surface area contributed by atoms with Gasteiger partial charge in [-0.2, -0.15) is 5.10 Å². The maximum Gasteiger partial charge on any atom is 0.273 e. The first-order valence-electron chi connectivity index (χ1n) is 5.25. The molecule has 0 fully saturated rings. The fraction of sp³-hybridized carbons (Fsp3) is 0.600. The standard InChI is InChI=1S/C10H19N5O/c1-7-8(11)9(14-13-7)10(16)12-5-4-6-15(2)3/h4-6,11H2,1-3H3,(H,12,16)(H,13,14). The maximum atomic E-state index is 11.6. The molecule has 1 amide bonds. The van der Waals surface area contributed by atoms with E-state index in [1.165, 1.54) is 0 Å². The summed E-state index contributed by atoms with van der Waals surface area (Å²) in [6.45, 7) is 3.35. The summed E-state index contributed by atoms with van der Waals surface area (Å²) in [5.41, 5.74) is 7.12. The molecule has 1 aromatic rings. The zero-order chi connectivity index (χ0) is 12.1. The number of nitrogens with zero attached hydrogens (tertiary/aromatic N) is 2. The molecule has 0 saturated heterocycles. The van der Waals surface area contributed by atoms with Crippen LogP contribution in [0.3, 0.4) is 0 Å². The number of amides is 1. The lowest BCUT2D eigenvalue weighted by molar-refractivity contribution is 0.0948. The van der Waals surface area contributed by atoms with Crippen molar-refractivity contribution >= 4 is 11.6 Å². The van der Waals surface area contributed by atoms with Crippen LogP contribution in [0.2, 0.25) is 0 Å². The number of hydrogen-bond donors (Lipinski definition) is 3. The van der Waals surface area contributed by atoms with Gasteiger partial charge in [-0.15, -0.1) is 0 Å². The van der Waals surface area contributed by atoms with E-state index >= 15 is 0 Å². The largest absolute Gasteiger partial charge is 0.395 e. The number of carbonyl (C=O) groups excluding carboxylic acids is 1. The van der Waals surface area contributed by atoms with Crippen molar-refractivity contribution in [1.29, 1.82) is 0 Å². The fourth-order valence-electron chi connectivity index (χ4n) is 1.29. The Balaban J connectivity index is 2.39. The van der Waals surface area contributed by atoms with Crippen molar-refractivity contribution in [2.75, 3.05) is 32.9 Å². The highest BCUT2D eigenvalue weighted by atomic mass is 16.1. The molecule has 0 aliphatic carbocycles. The molecule has 0 spiro atoms. The first-order valence-corrected chi connectivity index (χ1v) is 5.25. The van der Waals surface area contributed by atoms with Crippen LogP contribution in [0.4, 0.5) is 5.69 Å². The third-order valence-electron chi connectivity index (χ3n) is 2.28. The van der Waals surface area contributed by atoms with Gasteiger partial charge in [0.05, 0.1) is 11.4 Å². The second-order valence-corrected chi connectivity index (χ2v) is 4.02. The van der Waals surface area contributed by atoms with Crippen LogP contribution < -0.4 is 11.1 Å². The zero-order valence-corrected chi connectivity index (χ0v) is 10.0. The second-order valence-electron chi connectivity index (χ2n) is 4.02. The monoisotopic (exact) mass is 225 g/mol. The molecule has 0 unspecified atom stereocenters. The minimum absolute atomic E-state index is 0.222. The van der Waals surface area contributed by atoms with E-state index in [1.807, 2.05) is 14.1 Å². The lowest BCUT2D eigenvalue weighted by atomic mass is 10.3. The Bertz CT molecular complexity index is 358. The van der Waals surface area contributed by atoms with Gasteiger partial charge in [0, 0.05) is 6.54 Å². The number of aromatic amines is 1. The number of rotatable bonds is 5. The van der Waals surface area contributed by atoms with E-state index in [9.17, 15) is 4.79 Å². The van der Waals surface area contributed by atoms with Gasteiger partial charge in [0.25, 0.3) is 5.91 Å². The molecule has 6 heteroatoms. The van der Waals surface area contributed by atoms with Crippen molar-refractivity contribution in [2.24, 2.45) is 0 Å². The van der Waals surface area contributed by atoms with E-state index < -0.39 is 0 Å². The third kappa shape index (κ3) is 3.23. The van der Waals surface area contributed by atoms with Crippen LogP contribution in [0.5, 0.6) is 0 Å². The van der Waals surface area contributed by atoms with Crippen LogP contribution in [0.25, 0.3) is 0 Å². The highest BCUT2D eigenvalue weighted by Gasteiger charge is 2.14. The van der Waals surface area contributed by atoms with Crippen LogP contribution in [-0.2, 0) is 0 Å². The minimum Gasteiger partial charge on any atom is -0.395 e. The molecule has 0 saturated carbocycles. The lowest BCUT2D eigenvalue weighted by Crippen LogP contribution is -2.28. The second kappa shape index (κ2) is 5.50. The van der Waals surface area contributed by atoms with E-state index in [0.717, 1.165) is 18.7 Å². The van der Waals surface area contributed by atoms with Crippen LogP contribution in [0, 0.1) is 6.92 Å². The number of aryl methyl sites for hydroxylation is 1. The zero-order valence-electron chi connectivity index (χ0n) is 10.0. The Morgan fingerprint density at radius 3 is 2.75 bits per heavy atom. The van der Waals surface area contributed by atoms with Gasteiger partial charge in [-0.05, 0) is 34.0 Å². The number of H-pyrrole nitrogens is 1. The summed E-state index contributed by atoms with van der Waals surface area (Å²) in [7, 11) is 3.99. The van der Waals surface area contributed by atoms with Crippen LogP contribution in [-0.4, -0.2) is 48.2 Å². The summed E-state index contributed by atoms with van der Waals surface area (Å²) >= 11 is 0. The Morgan fingerprint density at radius 1 is 1.56 bits per heavy atom. The molecule has 4 N–H and O–H groups in total. The Hall–Kier alpha value is -1.56. The normalized spacial score (nSPS) is 10.8. The molecular weight excluding hydrogens is 206 g/mol. The number of hydrogen-bond acceptors (Lipinski definition) is 4. The number of aromatic nitrogens is 2. The van der Waals surface area contributed by atoms with Gasteiger partial charge in [-0.1, -0.05) is 0 Å². The number of nitrogens with two attached hydrogens (primary N) is 1. The van der Waals surface area contributed by atoms with Crippen LogP contribution >= 0.6 is 0 Å². The van der Waals surface area contributed by atoms with E-state index in [-0.39, 0.29) is 11.6 Å². The minimum atomic E-state index is -0.222. The molecule has 16 heavy (non-hydrogen) atoms. The van der Waals surface area contributed by atoms with Gasteiger partial charge in [0.1, 0.15) is 0 Å². The van der Waals surface area contributed by atoms with Crippen molar-refractivity contribution in [1.82, 2.24) is 20.4 Å². The molecule has 0 aromatic carbocycles. The summed E-state index contributed by atoms with van der Waals surface area (Å²) in [5, 5.41) is 9.32. The van der Waals surface area contributed by atoms with Gasteiger partial charge >= 0.3 is 0 Å². The van der Waals surface area contributed by atoms with E-state index in [1.54, 1.807) is 6.92 Å². The number of carbonyl (C=O) groups is 1. The topological polar surface area (TPSA) is 87.0 Å². The fourth-order valence-corrected chi connectivity index (χ4v) is 1.29. The van der Waals surface area contributed by atoms with Gasteiger partial charge in [-0.3, -0.25) is 9.89 Å². The maximum absolute atomic E-state index is 11.6. The third-order valence-corrected chi connectivity index (χ3v) is 2.28. The first-order chi connectivity index (χ1) is 7.52. The Labute approximate surface area is 95.2 Å². The molecule has 90 valence electrons. The molecule has 1 heterocycles. The van der Waals surface area contributed by atoms with E-state index in [0.29, 0.717) is 12.2 Å². The number of nitrogen functional groups attached to an aromatic ring is 1. The average Bonchev–Trinajstić information content (AvgIpc) is 2.54. The molecule has 1 aromatic heterocycles. The quantitative estimate of drug-likeness (QED) is 0.615. The van der Waals surface area contributed by atoms with Gasteiger partial charge in [0.2, 0.25) is 0 Å². The molecular formula is C10H19N5O. The van der Waals surface area contributed by atoms with Crippen molar-refractivity contribution < 1.29 is 4.79 Å². The van der Waals surface area contributed by atoms with Crippen molar-refractivity contribution in [3.63, 3.8) is 0 Å². The van der Waals surface area contributed by atoms with E-state index in [4.69, 9.17) is 5.73 Å². The van der Waals surface area contributed by atoms with Gasteiger partial charge in [-0.25, -0.2) is 0 Å². The van der Waals surface area contributed by atoms with Gasteiger partial charge < -0.3 is 16.0 Å². The van der Waals surface area contributed by atoms with Crippen molar-refractivity contribution in [3.05, 3.63) is 11.4 Å². The summed E-state index contributed by atoms with van der Waals surface area (Å²) in [6.07, 6.45) is 0.905. The molecule has 6 nitrogen and oxygen atoms in total. The highest BCUT2D eigenvalue weighted by Crippen LogP contribution is 2.11. The van der Waals surface area contributed by atoms with Crippen molar-refractivity contribution in [2.45, 2.75) is 13.3 Å². The SMILES string of the molecule is Cc1[nH]nc(C(=O)NCCCN(C)C)c1N. The first kappa shape index (κ1) is 12.5. The number of nitrogens with one attached hydrogen (secondary N) is 2. The van der Waals surface area contributed by atoms with Crippen LogP contribution in [0.1, 0.15) is 22.6 Å². The number of anilines is 1. The van der Waals surface area contributed by atoms with Gasteiger partial charge in [0.15, 0.2) is 5.69 Å². The molecule has 1 rings (SSSR count). The van der Waals surface area contributed by atoms with E-state index in [2.05, 4.69) is 20.4 Å². The summed E-state index contributed by atoms with van der Waals surface area (Å²) in [6, 6.07) is 0. The predicted octanol–water partition coefficient (Wildman–Crippen LogP) is -0.0182. The van der Waals surface area contributed by atoms with Crippen molar-refractivity contribution in [3.8, 4) is 0 Å². The Kier molecular flexibility index (Phi) is 4.30. The van der Waals surface area contributed by atoms with Crippen LogP contribution in [0.15, 0.2) is 0 Å². The summed E-state index contributed by atoms with van der Waals surface area (Å²) in [4.78, 5) is 13.7. The summed E-state index contributed by atoms with van der Waals surface area (Å²) in [5.74, 6) is -0.222.